The molecule has 0 heterocycles. The lowest BCUT2D eigenvalue weighted by Crippen LogP contribution is -2.12. The van der Waals surface area contributed by atoms with Gasteiger partial charge in [-0.15, -0.1) is 6.58 Å². The first-order valence-corrected chi connectivity index (χ1v) is 4.42. The Morgan fingerprint density at radius 1 is 1.29 bits per heavy atom. The zero-order valence-corrected chi connectivity index (χ0v) is 7.84. The fourth-order valence-corrected chi connectivity index (χ4v) is 1.10. The first-order chi connectivity index (χ1) is 6.74. The van der Waals surface area contributed by atoms with Crippen LogP contribution in [0.15, 0.2) is 36.9 Å². The monoisotopic (exact) mass is 197 g/mol. The van der Waals surface area contributed by atoms with Crippen molar-refractivity contribution in [3.63, 3.8) is 0 Å². The molecule has 0 saturated carbocycles. The third-order valence-corrected chi connectivity index (χ3v) is 1.85. The molecule has 14 heavy (non-hydrogen) atoms. The third kappa shape index (κ3) is 3.26. The smallest absolute Gasteiger partial charge is 0.263 e. The summed E-state index contributed by atoms with van der Waals surface area (Å²) in [5.41, 5.74) is 1.06. The predicted molar refractivity (Wildman–Crippen MR) is 53.3 cm³/mol. The molecule has 76 valence electrons. The second-order valence-electron chi connectivity index (χ2n) is 2.96. The Morgan fingerprint density at radius 2 is 1.93 bits per heavy atom. The average molecular weight is 197 g/mol. The van der Waals surface area contributed by atoms with Crippen LogP contribution in [0.1, 0.15) is 17.6 Å². The van der Waals surface area contributed by atoms with Gasteiger partial charge >= 0.3 is 0 Å². The second kappa shape index (κ2) is 5.50. The molecule has 0 radical (unpaired) electrons. The van der Waals surface area contributed by atoms with Crippen molar-refractivity contribution in [3.8, 4) is 0 Å². The van der Waals surface area contributed by atoms with Crippen molar-refractivity contribution < 1.29 is 8.78 Å². The Labute approximate surface area is 82.4 Å². The van der Waals surface area contributed by atoms with Crippen molar-refractivity contribution in [2.75, 3.05) is 6.54 Å². The summed E-state index contributed by atoms with van der Waals surface area (Å²) in [5, 5.41) is 3.09. The van der Waals surface area contributed by atoms with Gasteiger partial charge in [0.25, 0.3) is 6.43 Å². The van der Waals surface area contributed by atoms with Gasteiger partial charge in [0.1, 0.15) is 0 Å². The predicted octanol–water partition coefficient (Wildman–Crippen LogP) is 2.90. The van der Waals surface area contributed by atoms with E-state index in [-0.39, 0.29) is 5.56 Å². The highest BCUT2D eigenvalue weighted by Crippen LogP contribution is 2.18. The Morgan fingerprint density at radius 3 is 2.43 bits per heavy atom. The van der Waals surface area contributed by atoms with Crippen LogP contribution in [0.5, 0.6) is 0 Å². The van der Waals surface area contributed by atoms with E-state index in [0.717, 1.165) is 12.1 Å². The lowest BCUT2D eigenvalue weighted by atomic mass is 10.1. The maximum atomic E-state index is 12.2. The molecule has 0 amide bonds. The summed E-state index contributed by atoms with van der Waals surface area (Å²) < 4.78 is 24.4. The topological polar surface area (TPSA) is 12.0 Å². The van der Waals surface area contributed by atoms with E-state index in [2.05, 4.69) is 11.9 Å². The van der Waals surface area contributed by atoms with Gasteiger partial charge in [-0.1, -0.05) is 30.3 Å². The molecular weight excluding hydrogens is 184 g/mol. The van der Waals surface area contributed by atoms with E-state index in [9.17, 15) is 8.78 Å². The minimum Gasteiger partial charge on any atom is -0.309 e. The highest BCUT2D eigenvalue weighted by molar-refractivity contribution is 5.23. The van der Waals surface area contributed by atoms with Crippen LogP contribution in [0, 0.1) is 0 Å². The molecule has 1 nitrogen and oxygen atoms in total. The Hall–Kier alpha value is -1.22. The molecule has 1 aromatic carbocycles. The summed E-state index contributed by atoms with van der Waals surface area (Å²) in [5.74, 6) is 0. The van der Waals surface area contributed by atoms with Gasteiger partial charge in [-0.05, 0) is 5.56 Å². The van der Waals surface area contributed by atoms with Crippen molar-refractivity contribution in [1.82, 2.24) is 5.32 Å². The van der Waals surface area contributed by atoms with Gasteiger partial charge in [-0.3, -0.25) is 0 Å². The van der Waals surface area contributed by atoms with Crippen LogP contribution in [-0.2, 0) is 6.54 Å². The minimum absolute atomic E-state index is 0.0671. The first-order valence-electron chi connectivity index (χ1n) is 4.42. The Balaban J connectivity index is 2.51. The van der Waals surface area contributed by atoms with Crippen molar-refractivity contribution in [2.45, 2.75) is 13.0 Å². The molecule has 3 heteroatoms. The number of hydrogen-bond acceptors (Lipinski definition) is 1. The van der Waals surface area contributed by atoms with Crippen LogP contribution in [0.4, 0.5) is 8.78 Å². The highest BCUT2D eigenvalue weighted by Gasteiger charge is 2.05. The van der Waals surface area contributed by atoms with E-state index < -0.39 is 6.43 Å². The fourth-order valence-electron chi connectivity index (χ4n) is 1.10. The maximum absolute atomic E-state index is 12.2. The van der Waals surface area contributed by atoms with Gasteiger partial charge in [-0.2, -0.15) is 0 Å². The van der Waals surface area contributed by atoms with Gasteiger partial charge in [0.15, 0.2) is 0 Å². The largest absolute Gasteiger partial charge is 0.309 e. The molecule has 0 aliphatic rings. The summed E-state index contributed by atoms with van der Waals surface area (Å²) in [4.78, 5) is 0. The molecule has 0 unspecified atom stereocenters. The van der Waals surface area contributed by atoms with Gasteiger partial charge in [0.05, 0.1) is 0 Å². The lowest BCUT2D eigenvalue weighted by molar-refractivity contribution is 0.151. The summed E-state index contributed by atoms with van der Waals surface area (Å²) in [6.45, 7) is 4.96. The zero-order valence-electron chi connectivity index (χ0n) is 7.84. The van der Waals surface area contributed by atoms with Gasteiger partial charge in [-0.25, -0.2) is 8.78 Å². The molecule has 1 rings (SSSR count). The summed E-state index contributed by atoms with van der Waals surface area (Å²) in [7, 11) is 0. The van der Waals surface area contributed by atoms with Gasteiger partial charge in [0.2, 0.25) is 0 Å². The highest BCUT2D eigenvalue weighted by atomic mass is 19.3. The van der Waals surface area contributed by atoms with E-state index >= 15 is 0 Å². The first kappa shape index (κ1) is 10.9. The number of rotatable bonds is 5. The van der Waals surface area contributed by atoms with Crippen LogP contribution in [0.2, 0.25) is 0 Å². The maximum Gasteiger partial charge on any atom is 0.263 e. The quantitative estimate of drug-likeness (QED) is 0.565. The average Bonchev–Trinajstić information content (AvgIpc) is 2.19. The molecular formula is C11H13F2N. The fraction of sp³-hybridized carbons (Fsp3) is 0.273. The summed E-state index contributed by atoms with van der Waals surface area (Å²) >= 11 is 0. The number of alkyl halides is 2. The number of nitrogens with one attached hydrogen (secondary N) is 1. The molecule has 0 atom stereocenters. The summed E-state index contributed by atoms with van der Waals surface area (Å²) in [6.07, 6.45) is -0.627. The van der Waals surface area contributed by atoms with E-state index in [1.165, 1.54) is 12.1 Å². The van der Waals surface area contributed by atoms with E-state index in [1.54, 1.807) is 18.2 Å². The van der Waals surface area contributed by atoms with Crippen molar-refractivity contribution >= 4 is 0 Å². The number of hydrogen-bond donors (Lipinski definition) is 1. The molecule has 0 spiro atoms. The number of benzene rings is 1. The van der Waals surface area contributed by atoms with Crippen molar-refractivity contribution in [2.24, 2.45) is 0 Å². The van der Waals surface area contributed by atoms with E-state index in [4.69, 9.17) is 0 Å². The van der Waals surface area contributed by atoms with Crippen LogP contribution >= 0.6 is 0 Å². The molecule has 0 bridgehead atoms. The molecule has 0 aliphatic carbocycles. The normalized spacial score (nSPS) is 10.5. The molecule has 0 fully saturated rings. The van der Waals surface area contributed by atoms with Gasteiger partial charge < -0.3 is 5.32 Å². The van der Waals surface area contributed by atoms with E-state index in [0.29, 0.717) is 6.54 Å². The molecule has 0 saturated heterocycles. The molecule has 0 aliphatic heterocycles. The Bertz CT molecular complexity index is 280. The molecule has 1 N–H and O–H groups in total. The third-order valence-electron chi connectivity index (χ3n) is 1.85. The standard InChI is InChI=1S/C11H13F2N/c1-2-7-14-8-9-3-5-10(6-4-9)11(12)13/h2-6,11,14H,1,7-8H2. The van der Waals surface area contributed by atoms with Gasteiger partial charge in [0, 0.05) is 18.7 Å². The van der Waals surface area contributed by atoms with Crippen LogP contribution in [-0.4, -0.2) is 6.54 Å². The molecule has 0 aromatic heterocycles. The lowest BCUT2D eigenvalue weighted by Gasteiger charge is -2.03. The van der Waals surface area contributed by atoms with Crippen LogP contribution < -0.4 is 5.32 Å². The molecule has 1 aromatic rings. The summed E-state index contributed by atoms with van der Waals surface area (Å²) in [6, 6.07) is 6.32. The van der Waals surface area contributed by atoms with Crippen molar-refractivity contribution in [1.29, 1.82) is 0 Å². The minimum atomic E-state index is -2.38. The van der Waals surface area contributed by atoms with Crippen molar-refractivity contribution in [3.05, 3.63) is 48.0 Å². The van der Waals surface area contributed by atoms with E-state index in [1.807, 2.05) is 0 Å². The SMILES string of the molecule is C=CCNCc1ccc(C(F)F)cc1. The number of halogens is 2. The zero-order chi connectivity index (χ0) is 10.4. The van der Waals surface area contributed by atoms with Crippen LogP contribution in [0.3, 0.4) is 0 Å². The second-order valence-corrected chi connectivity index (χ2v) is 2.96. The van der Waals surface area contributed by atoms with Crippen LogP contribution in [0.25, 0.3) is 0 Å². The Kier molecular flexibility index (Phi) is 4.26.